The second kappa shape index (κ2) is 8.97. The molecule has 1 aromatic carbocycles. The SMILES string of the molecule is COC[C@@]1(CC(=O)NCCc2ccccc2C)CN(C(C)=O)CCO1. The van der Waals surface area contributed by atoms with Gasteiger partial charge in [0.15, 0.2) is 0 Å². The maximum absolute atomic E-state index is 12.4. The number of hydrogen-bond acceptors (Lipinski definition) is 4. The van der Waals surface area contributed by atoms with Gasteiger partial charge in [0, 0.05) is 27.1 Å². The Balaban J connectivity index is 1.89. The van der Waals surface area contributed by atoms with Crippen LogP contribution in [-0.2, 0) is 25.5 Å². The van der Waals surface area contributed by atoms with Crippen molar-refractivity contribution in [3.8, 4) is 0 Å². The van der Waals surface area contributed by atoms with Crippen LogP contribution in [0.1, 0.15) is 24.5 Å². The first-order valence-electron chi connectivity index (χ1n) is 8.65. The number of hydrogen-bond donors (Lipinski definition) is 1. The standard InChI is InChI=1S/C19H28N2O4/c1-15-6-4-5-7-17(15)8-9-20-18(23)12-19(14-24-3)13-21(16(2)22)10-11-25-19/h4-7H,8-14H2,1-3H3,(H,20,23)/t19-/m1/s1. The quantitative estimate of drug-likeness (QED) is 0.807. The van der Waals surface area contributed by atoms with Crippen LogP contribution < -0.4 is 5.32 Å². The summed E-state index contributed by atoms with van der Waals surface area (Å²) in [6, 6.07) is 8.15. The van der Waals surface area contributed by atoms with Crippen molar-refractivity contribution >= 4 is 11.8 Å². The Morgan fingerprint density at radius 2 is 2.12 bits per heavy atom. The summed E-state index contributed by atoms with van der Waals surface area (Å²) in [6.45, 7) is 5.80. The summed E-state index contributed by atoms with van der Waals surface area (Å²) in [7, 11) is 1.58. The molecule has 0 aliphatic carbocycles. The third-order valence-electron chi connectivity index (χ3n) is 4.56. The molecule has 1 fully saturated rings. The second-order valence-electron chi connectivity index (χ2n) is 6.61. The molecule has 1 aliphatic heterocycles. The number of nitrogens with one attached hydrogen (secondary N) is 1. The van der Waals surface area contributed by atoms with E-state index in [9.17, 15) is 9.59 Å². The lowest BCUT2D eigenvalue weighted by atomic mass is 9.97. The summed E-state index contributed by atoms with van der Waals surface area (Å²) >= 11 is 0. The third-order valence-corrected chi connectivity index (χ3v) is 4.56. The van der Waals surface area contributed by atoms with Gasteiger partial charge in [-0.1, -0.05) is 24.3 Å². The maximum atomic E-state index is 12.4. The number of benzene rings is 1. The number of morpholine rings is 1. The molecule has 1 heterocycles. The molecule has 2 amide bonds. The van der Waals surface area contributed by atoms with Crippen molar-refractivity contribution in [2.45, 2.75) is 32.3 Å². The lowest BCUT2D eigenvalue weighted by molar-refractivity contribution is -0.165. The predicted octanol–water partition coefficient (Wildman–Crippen LogP) is 1.31. The fraction of sp³-hybridized carbons (Fsp3) is 0.579. The molecule has 2 rings (SSSR count). The van der Waals surface area contributed by atoms with Gasteiger partial charge in [-0.3, -0.25) is 9.59 Å². The molecule has 0 spiro atoms. The molecule has 1 N–H and O–H groups in total. The van der Waals surface area contributed by atoms with E-state index in [1.54, 1.807) is 12.0 Å². The van der Waals surface area contributed by atoms with Crippen molar-refractivity contribution in [2.75, 3.05) is 40.0 Å². The van der Waals surface area contributed by atoms with Gasteiger partial charge in [-0.2, -0.15) is 0 Å². The van der Waals surface area contributed by atoms with Gasteiger partial charge in [0.25, 0.3) is 0 Å². The topological polar surface area (TPSA) is 67.9 Å². The molecule has 138 valence electrons. The van der Waals surface area contributed by atoms with Crippen molar-refractivity contribution in [3.05, 3.63) is 35.4 Å². The van der Waals surface area contributed by atoms with E-state index in [0.717, 1.165) is 6.42 Å². The van der Waals surface area contributed by atoms with Gasteiger partial charge in [0.1, 0.15) is 5.60 Å². The second-order valence-corrected chi connectivity index (χ2v) is 6.61. The Bertz CT molecular complexity index is 601. The van der Waals surface area contributed by atoms with Gasteiger partial charge in [-0.05, 0) is 24.5 Å². The molecule has 1 aliphatic rings. The molecule has 6 nitrogen and oxygen atoms in total. The minimum atomic E-state index is -0.772. The maximum Gasteiger partial charge on any atom is 0.223 e. The fourth-order valence-electron chi connectivity index (χ4n) is 3.20. The van der Waals surface area contributed by atoms with Crippen molar-refractivity contribution in [1.82, 2.24) is 10.2 Å². The number of methoxy groups -OCH3 is 1. The van der Waals surface area contributed by atoms with E-state index >= 15 is 0 Å². The van der Waals surface area contributed by atoms with Crippen LogP contribution in [-0.4, -0.2) is 62.3 Å². The van der Waals surface area contributed by atoms with Crippen LogP contribution in [0.2, 0.25) is 0 Å². The molecule has 0 unspecified atom stereocenters. The van der Waals surface area contributed by atoms with Crippen molar-refractivity contribution < 1.29 is 19.1 Å². The highest BCUT2D eigenvalue weighted by molar-refractivity contribution is 5.78. The van der Waals surface area contributed by atoms with Gasteiger partial charge in [-0.15, -0.1) is 0 Å². The van der Waals surface area contributed by atoms with Gasteiger partial charge >= 0.3 is 0 Å². The van der Waals surface area contributed by atoms with Crippen LogP contribution in [0.4, 0.5) is 0 Å². The van der Waals surface area contributed by atoms with E-state index in [0.29, 0.717) is 26.2 Å². The molecule has 25 heavy (non-hydrogen) atoms. The Hall–Kier alpha value is -1.92. The molecule has 0 aromatic heterocycles. The average molecular weight is 348 g/mol. The van der Waals surface area contributed by atoms with E-state index in [1.807, 2.05) is 12.1 Å². The van der Waals surface area contributed by atoms with Crippen molar-refractivity contribution in [1.29, 1.82) is 0 Å². The number of carbonyl (C=O) groups excluding carboxylic acids is 2. The summed E-state index contributed by atoms with van der Waals surface area (Å²) in [6.07, 6.45) is 0.967. The minimum absolute atomic E-state index is 0.0104. The lowest BCUT2D eigenvalue weighted by Gasteiger charge is -2.41. The normalized spacial score (nSPS) is 20.4. The summed E-state index contributed by atoms with van der Waals surface area (Å²) in [4.78, 5) is 25.8. The number of carbonyl (C=O) groups is 2. The summed E-state index contributed by atoms with van der Waals surface area (Å²) in [5, 5.41) is 2.95. The Morgan fingerprint density at radius 1 is 1.36 bits per heavy atom. The first-order chi connectivity index (χ1) is 12.0. The van der Waals surface area contributed by atoms with E-state index in [1.165, 1.54) is 18.1 Å². The van der Waals surface area contributed by atoms with Crippen LogP contribution in [0.15, 0.2) is 24.3 Å². The molecule has 1 aromatic rings. The van der Waals surface area contributed by atoms with Crippen LogP contribution in [0.25, 0.3) is 0 Å². The van der Waals surface area contributed by atoms with Crippen LogP contribution >= 0.6 is 0 Å². The van der Waals surface area contributed by atoms with Crippen LogP contribution in [0, 0.1) is 6.92 Å². The summed E-state index contributed by atoms with van der Waals surface area (Å²) in [5.74, 6) is -0.0974. The number of amides is 2. The van der Waals surface area contributed by atoms with E-state index in [-0.39, 0.29) is 24.8 Å². The van der Waals surface area contributed by atoms with Gasteiger partial charge in [0.2, 0.25) is 11.8 Å². The zero-order chi connectivity index (χ0) is 18.3. The minimum Gasteiger partial charge on any atom is -0.382 e. The summed E-state index contributed by atoms with van der Waals surface area (Å²) < 4.78 is 11.1. The number of ether oxygens (including phenoxy) is 2. The number of rotatable bonds is 7. The highest BCUT2D eigenvalue weighted by Crippen LogP contribution is 2.23. The third kappa shape index (κ3) is 5.54. The number of nitrogens with zero attached hydrogens (tertiary/aromatic N) is 1. The largest absolute Gasteiger partial charge is 0.382 e. The average Bonchev–Trinajstić information content (AvgIpc) is 2.57. The Labute approximate surface area is 149 Å². The molecule has 0 bridgehead atoms. The lowest BCUT2D eigenvalue weighted by Crippen LogP contribution is -2.57. The predicted molar refractivity (Wildman–Crippen MR) is 95.3 cm³/mol. The molecular formula is C19H28N2O4. The zero-order valence-electron chi connectivity index (χ0n) is 15.3. The molecule has 1 atom stereocenters. The Morgan fingerprint density at radius 3 is 2.80 bits per heavy atom. The highest BCUT2D eigenvalue weighted by Gasteiger charge is 2.39. The Kier molecular flexibility index (Phi) is 6.96. The highest BCUT2D eigenvalue weighted by atomic mass is 16.5. The first-order valence-corrected chi connectivity index (χ1v) is 8.65. The molecule has 0 radical (unpaired) electrons. The van der Waals surface area contributed by atoms with Crippen LogP contribution in [0.3, 0.4) is 0 Å². The first kappa shape index (κ1) is 19.4. The van der Waals surface area contributed by atoms with Crippen LogP contribution in [0.5, 0.6) is 0 Å². The van der Waals surface area contributed by atoms with E-state index in [2.05, 4.69) is 24.4 Å². The monoisotopic (exact) mass is 348 g/mol. The smallest absolute Gasteiger partial charge is 0.223 e. The zero-order valence-corrected chi connectivity index (χ0v) is 15.3. The molecule has 1 saturated heterocycles. The van der Waals surface area contributed by atoms with Gasteiger partial charge in [0.05, 0.1) is 26.2 Å². The van der Waals surface area contributed by atoms with E-state index in [4.69, 9.17) is 9.47 Å². The number of aryl methyl sites for hydroxylation is 1. The van der Waals surface area contributed by atoms with Crippen molar-refractivity contribution in [2.24, 2.45) is 0 Å². The molecular weight excluding hydrogens is 320 g/mol. The van der Waals surface area contributed by atoms with Crippen molar-refractivity contribution in [3.63, 3.8) is 0 Å². The van der Waals surface area contributed by atoms with Gasteiger partial charge in [-0.25, -0.2) is 0 Å². The molecule has 0 saturated carbocycles. The van der Waals surface area contributed by atoms with E-state index < -0.39 is 5.60 Å². The molecule has 6 heteroatoms. The van der Waals surface area contributed by atoms with Gasteiger partial charge < -0.3 is 19.7 Å². The fourth-order valence-corrected chi connectivity index (χ4v) is 3.20. The summed E-state index contributed by atoms with van der Waals surface area (Å²) in [5.41, 5.74) is 1.68.